The summed E-state index contributed by atoms with van der Waals surface area (Å²) >= 11 is 0. The molecule has 0 unspecified atom stereocenters. The Hall–Kier alpha value is -0.670. The van der Waals surface area contributed by atoms with Crippen LogP contribution in [0.5, 0.6) is 0 Å². The van der Waals surface area contributed by atoms with Crippen molar-refractivity contribution in [2.24, 2.45) is 5.41 Å². The highest BCUT2D eigenvalue weighted by molar-refractivity contribution is 4.98. The van der Waals surface area contributed by atoms with Gasteiger partial charge in [0, 0.05) is 6.42 Å². The summed E-state index contributed by atoms with van der Waals surface area (Å²) in [5, 5.41) is 9.79. The van der Waals surface area contributed by atoms with Gasteiger partial charge in [0.05, 0.1) is 6.61 Å². The zero-order valence-electron chi connectivity index (χ0n) is 7.22. The SMILES string of the molecule is [O]CCC(C(F)(F)F)(C(F)(F)F)C(F)(F)F. The number of rotatable bonds is 2. The van der Waals surface area contributed by atoms with Gasteiger partial charge in [-0.15, -0.1) is 0 Å². The van der Waals surface area contributed by atoms with E-state index in [4.69, 9.17) is 0 Å². The first-order valence-corrected chi connectivity index (χ1v) is 3.59. The lowest BCUT2D eigenvalue weighted by Crippen LogP contribution is -2.59. The average molecular weight is 263 g/mol. The number of hydrogen-bond donors (Lipinski definition) is 0. The fourth-order valence-electron chi connectivity index (χ4n) is 1.06. The molecule has 0 N–H and O–H groups in total. The summed E-state index contributed by atoms with van der Waals surface area (Å²) in [4.78, 5) is 0. The highest BCUT2D eigenvalue weighted by Gasteiger charge is 2.82. The Labute approximate surface area is 82.8 Å². The minimum atomic E-state index is -6.62. The summed E-state index contributed by atoms with van der Waals surface area (Å²) in [6, 6.07) is 0. The molecule has 0 aromatic heterocycles. The molecule has 10 heteroatoms. The molecule has 97 valence electrons. The van der Waals surface area contributed by atoms with Crippen molar-refractivity contribution in [1.82, 2.24) is 0 Å². The van der Waals surface area contributed by atoms with Crippen LogP contribution < -0.4 is 0 Å². The molecule has 0 rings (SSSR count). The van der Waals surface area contributed by atoms with Crippen LogP contribution in [0, 0.1) is 5.41 Å². The van der Waals surface area contributed by atoms with Crippen LogP contribution in [0.3, 0.4) is 0 Å². The molecule has 0 atom stereocenters. The topological polar surface area (TPSA) is 19.9 Å². The third-order valence-electron chi connectivity index (χ3n) is 1.93. The monoisotopic (exact) mass is 263 g/mol. The summed E-state index contributed by atoms with van der Waals surface area (Å²) in [5.41, 5.74) is -5.95. The summed E-state index contributed by atoms with van der Waals surface area (Å²) < 4.78 is 108. The predicted octanol–water partition coefficient (Wildman–Crippen LogP) is 3.48. The maximum atomic E-state index is 12.0. The van der Waals surface area contributed by atoms with Crippen LogP contribution in [-0.2, 0) is 5.11 Å². The van der Waals surface area contributed by atoms with Gasteiger partial charge < -0.3 is 0 Å². The summed E-state index contributed by atoms with van der Waals surface area (Å²) in [7, 11) is 0. The van der Waals surface area contributed by atoms with Crippen LogP contribution in [0.15, 0.2) is 0 Å². The molecule has 1 nitrogen and oxygen atoms in total. The molecule has 0 bridgehead atoms. The molecule has 0 aliphatic carbocycles. The largest absolute Gasteiger partial charge is 0.412 e. The molecule has 0 aromatic rings. The lowest BCUT2D eigenvalue weighted by molar-refractivity contribution is -0.430. The second kappa shape index (κ2) is 3.97. The zero-order valence-corrected chi connectivity index (χ0v) is 7.22. The fraction of sp³-hybridized carbons (Fsp3) is 1.00. The third-order valence-corrected chi connectivity index (χ3v) is 1.93. The molecule has 0 amide bonds. The Kier molecular flexibility index (Phi) is 3.80. The van der Waals surface area contributed by atoms with Gasteiger partial charge in [-0.05, 0) is 0 Å². The minimum absolute atomic E-state index is 2.14. The first-order chi connectivity index (χ1) is 6.81. The van der Waals surface area contributed by atoms with E-state index in [1.54, 1.807) is 0 Å². The second-order valence-electron chi connectivity index (χ2n) is 2.85. The molecule has 16 heavy (non-hydrogen) atoms. The molecular formula is C6H4F9O. The average Bonchev–Trinajstić information content (AvgIpc) is 1.91. The Morgan fingerprint density at radius 1 is 0.625 bits per heavy atom. The van der Waals surface area contributed by atoms with Crippen molar-refractivity contribution in [3.63, 3.8) is 0 Å². The van der Waals surface area contributed by atoms with Gasteiger partial charge in [0.1, 0.15) is 0 Å². The van der Waals surface area contributed by atoms with Crippen molar-refractivity contribution >= 4 is 0 Å². The van der Waals surface area contributed by atoms with Gasteiger partial charge in [0.25, 0.3) is 5.41 Å². The quantitative estimate of drug-likeness (QED) is 0.680. The molecular weight excluding hydrogens is 259 g/mol. The third kappa shape index (κ3) is 2.20. The van der Waals surface area contributed by atoms with E-state index in [0.29, 0.717) is 0 Å². The van der Waals surface area contributed by atoms with Crippen LogP contribution >= 0.6 is 0 Å². The number of halogens is 9. The molecule has 0 saturated heterocycles. The molecule has 0 aliphatic rings. The van der Waals surface area contributed by atoms with Crippen molar-refractivity contribution in [3.8, 4) is 0 Å². The van der Waals surface area contributed by atoms with E-state index in [1.165, 1.54) is 0 Å². The summed E-state index contributed by atoms with van der Waals surface area (Å²) in [6.07, 6.45) is -22.5. The van der Waals surface area contributed by atoms with Gasteiger partial charge in [-0.2, -0.15) is 39.5 Å². The smallest absolute Gasteiger partial charge is 0.237 e. The van der Waals surface area contributed by atoms with Gasteiger partial charge in [-0.25, -0.2) is 5.11 Å². The zero-order chi connectivity index (χ0) is 13.4. The molecule has 0 saturated carbocycles. The van der Waals surface area contributed by atoms with E-state index < -0.39 is 37.0 Å². The van der Waals surface area contributed by atoms with E-state index in [1.807, 2.05) is 0 Å². The Bertz CT molecular complexity index is 198. The van der Waals surface area contributed by atoms with Crippen molar-refractivity contribution in [2.75, 3.05) is 6.61 Å². The van der Waals surface area contributed by atoms with Crippen LogP contribution in [0.2, 0.25) is 0 Å². The van der Waals surface area contributed by atoms with Gasteiger partial charge in [-0.3, -0.25) is 0 Å². The number of alkyl halides is 9. The number of hydrogen-bond acceptors (Lipinski definition) is 0. The highest BCUT2D eigenvalue weighted by Crippen LogP contribution is 2.61. The van der Waals surface area contributed by atoms with E-state index in [9.17, 15) is 44.6 Å². The van der Waals surface area contributed by atoms with Gasteiger partial charge in [0.15, 0.2) is 0 Å². The Balaban J connectivity index is 5.82. The summed E-state index contributed by atoms with van der Waals surface area (Å²) in [6.45, 7) is -2.14. The maximum absolute atomic E-state index is 12.0. The second-order valence-corrected chi connectivity index (χ2v) is 2.85. The molecule has 0 heterocycles. The standard InChI is InChI=1S/C6H4F9O/c7-4(8,9)3(1-2-16,5(10,11)12)6(13,14)15/h1-2H2. The minimum Gasteiger partial charge on any atom is -0.237 e. The van der Waals surface area contributed by atoms with Gasteiger partial charge >= 0.3 is 18.5 Å². The Morgan fingerprint density at radius 2 is 0.875 bits per heavy atom. The Morgan fingerprint density at radius 3 is 0.938 bits per heavy atom. The van der Waals surface area contributed by atoms with E-state index in [0.717, 1.165) is 0 Å². The van der Waals surface area contributed by atoms with Gasteiger partial charge in [-0.1, -0.05) is 0 Å². The van der Waals surface area contributed by atoms with Crippen LogP contribution in [0.1, 0.15) is 6.42 Å². The molecule has 0 fully saturated rings. The molecule has 0 spiro atoms. The fourth-order valence-corrected chi connectivity index (χ4v) is 1.06. The molecule has 1 radical (unpaired) electrons. The highest BCUT2D eigenvalue weighted by atomic mass is 19.4. The van der Waals surface area contributed by atoms with Crippen molar-refractivity contribution in [2.45, 2.75) is 24.9 Å². The normalized spacial score (nSPS) is 15.4. The van der Waals surface area contributed by atoms with Crippen molar-refractivity contribution in [3.05, 3.63) is 0 Å². The van der Waals surface area contributed by atoms with E-state index in [2.05, 4.69) is 0 Å². The van der Waals surface area contributed by atoms with Crippen LogP contribution in [0.25, 0.3) is 0 Å². The first-order valence-electron chi connectivity index (χ1n) is 3.59. The maximum Gasteiger partial charge on any atom is 0.412 e. The first kappa shape index (κ1) is 15.3. The lowest BCUT2D eigenvalue weighted by Gasteiger charge is -2.37. The van der Waals surface area contributed by atoms with E-state index >= 15 is 0 Å². The van der Waals surface area contributed by atoms with Crippen molar-refractivity contribution in [1.29, 1.82) is 0 Å². The van der Waals surface area contributed by atoms with Crippen molar-refractivity contribution < 1.29 is 44.6 Å². The van der Waals surface area contributed by atoms with Gasteiger partial charge in [0.2, 0.25) is 0 Å². The summed E-state index contributed by atoms with van der Waals surface area (Å²) in [5.74, 6) is 0. The van der Waals surface area contributed by atoms with E-state index in [-0.39, 0.29) is 0 Å². The van der Waals surface area contributed by atoms with Crippen LogP contribution in [0.4, 0.5) is 39.5 Å². The lowest BCUT2D eigenvalue weighted by atomic mass is 9.82. The molecule has 0 aliphatic heterocycles. The predicted molar refractivity (Wildman–Crippen MR) is 30.8 cm³/mol. The molecule has 0 aromatic carbocycles. The van der Waals surface area contributed by atoms with Crippen LogP contribution in [-0.4, -0.2) is 25.1 Å².